The van der Waals surface area contributed by atoms with Gasteiger partial charge in [-0.05, 0) is 11.8 Å². The SMILES string of the molecule is CC(C)(C)C(CCO)NC(=O)COCC(F)(F)F. The maximum Gasteiger partial charge on any atom is 0.411 e. The van der Waals surface area contributed by atoms with Crippen molar-refractivity contribution in [2.45, 2.75) is 39.4 Å². The zero-order valence-corrected chi connectivity index (χ0v) is 10.8. The number of aliphatic hydroxyl groups excluding tert-OH is 1. The first kappa shape index (κ1) is 17.2. The van der Waals surface area contributed by atoms with Gasteiger partial charge in [-0.1, -0.05) is 20.8 Å². The van der Waals surface area contributed by atoms with Gasteiger partial charge in [-0.3, -0.25) is 4.79 Å². The molecule has 0 saturated heterocycles. The van der Waals surface area contributed by atoms with Gasteiger partial charge in [0.05, 0.1) is 0 Å². The van der Waals surface area contributed by atoms with E-state index >= 15 is 0 Å². The first-order valence-electron chi connectivity index (χ1n) is 5.61. The van der Waals surface area contributed by atoms with Crippen LogP contribution in [0.5, 0.6) is 0 Å². The van der Waals surface area contributed by atoms with Gasteiger partial charge in [0.1, 0.15) is 13.2 Å². The second-order valence-electron chi connectivity index (χ2n) is 5.11. The van der Waals surface area contributed by atoms with Gasteiger partial charge in [0.25, 0.3) is 0 Å². The molecule has 1 atom stereocenters. The number of rotatable bonds is 6. The van der Waals surface area contributed by atoms with Crippen molar-refractivity contribution in [3.8, 4) is 0 Å². The molecule has 0 heterocycles. The van der Waals surface area contributed by atoms with Crippen LogP contribution in [0.25, 0.3) is 0 Å². The van der Waals surface area contributed by atoms with Crippen LogP contribution in [0.15, 0.2) is 0 Å². The lowest BCUT2D eigenvalue weighted by atomic mass is 9.85. The van der Waals surface area contributed by atoms with E-state index in [1.807, 2.05) is 20.8 Å². The lowest BCUT2D eigenvalue weighted by molar-refractivity contribution is -0.175. The fourth-order valence-electron chi connectivity index (χ4n) is 1.35. The first-order chi connectivity index (χ1) is 8.06. The van der Waals surface area contributed by atoms with Crippen LogP contribution in [0.2, 0.25) is 0 Å². The summed E-state index contributed by atoms with van der Waals surface area (Å²) in [6.45, 7) is 3.41. The van der Waals surface area contributed by atoms with Crippen molar-refractivity contribution in [3.63, 3.8) is 0 Å². The van der Waals surface area contributed by atoms with E-state index in [9.17, 15) is 18.0 Å². The van der Waals surface area contributed by atoms with E-state index in [0.29, 0.717) is 6.42 Å². The molecule has 108 valence electrons. The van der Waals surface area contributed by atoms with E-state index in [0.717, 1.165) is 0 Å². The fourth-order valence-corrected chi connectivity index (χ4v) is 1.35. The molecular formula is C11H20F3NO3. The van der Waals surface area contributed by atoms with Crippen molar-refractivity contribution in [1.29, 1.82) is 0 Å². The standard InChI is InChI=1S/C11H20F3NO3/c1-10(2,3)8(4-5-16)15-9(17)6-18-7-11(12,13)14/h8,16H,4-7H2,1-3H3,(H,15,17). The minimum atomic E-state index is -4.44. The maximum absolute atomic E-state index is 11.8. The summed E-state index contributed by atoms with van der Waals surface area (Å²) in [5.41, 5.74) is -0.289. The van der Waals surface area contributed by atoms with Gasteiger partial charge in [-0.25, -0.2) is 0 Å². The number of hydrogen-bond donors (Lipinski definition) is 2. The third kappa shape index (κ3) is 8.30. The maximum atomic E-state index is 11.8. The molecule has 0 aliphatic rings. The summed E-state index contributed by atoms with van der Waals surface area (Å²) in [5.74, 6) is -0.618. The summed E-state index contributed by atoms with van der Waals surface area (Å²) in [6.07, 6.45) is -4.09. The van der Waals surface area contributed by atoms with Crippen molar-refractivity contribution in [2.24, 2.45) is 5.41 Å². The van der Waals surface area contributed by atoms with E-state index in [1.54, 1.807) is 0 Å². The number of nitrogens with one attached hydrogen (secondary N) is 1. The zero-order valence-electron chi connectivity index (χ0n) is 10.8. The van der Waals surface area contributed by atoms with Crippen molar-refractivity contribution in [2.75, 3.05) is 19.8 Å². The molecule has 1 amide bonds. The molecule has 0 saturated carbocycles. The number of amides is 1. The molecule has 0 rings (SSSR count). The number of carbonyl (C=O) groups is 1. The fraction of sp³-hybridized carbons (Fsp3) is 0.909. The zero-order chi connectivity index (χ0) is 14.4. The Balaban J connectivity index is 4.11. The Morgan fingerprint density at radius 2 is 1.89 bits per heavy atom. The average Bonchev–Trinajstić information content (AvgIpc) is 2.13. The van der Waals surface area contributed by atoms with Crippen LogP contribution in [0.1, 0.15) is 27.2 Å². The highest BCUT2D eigenvalue weighted by molar-refractivity contribution is 5.77. The van der Waals surface area contributed by atoms with E-state index in [4.69, 9.17) is 5.11 Å². The number of carbonyl (C=O) groups excluding carboxylic acids is 1. The van der Waals surface area contributed by atoms with Gasteiger partial charge in [0.15, 0.2) is 0 Å². The van der Waals surface area contributed by atoms with Gasteiger partial charge >= 0.3 is 6.18 Å². The molecular weight excluding hydrogens is 251 g/mol. The number of hydrogen-bond acceptors (Lipinski definition) is 3. The van der Waals surface area contributed by atoms with Gasteiger partial charge < -0.3 is 15.2 Å². The van der Waals surface area contributed by atoms with E-state index in [-0.39, 0.29) is 18.1 Å². The van der Waals surface area contributed by atoms with Crippen LogP contribution in [0.3, 0.4) is 0 Å². The highest BCUT2D eigenvalue weighted by Gasteiger charge is 2.29. The molecule has 0 aliphatic heterocycles. The number of ether oxygens (including phenoxy) is 1. The monoisotopic (exact) mass is 271 g/mol. The number of alkyl halides is 3. The Kier molecular flexibility index (Phi) is 6.62. The van der Waals surface area contributed by atoms with Crippen LogP contribution in [-0.4, -0.2) is 43.1 Å². The molecule has 1 unspecified atom stereocenters. The summed E-state index contributed by atoms with van der Waals surface area (Å²) in [4.78, 5) is 11.4. The molecule has 0 radical (unpaired) electrons. The van der Waals surface area contributed by atoms with Gasteiger partial charge in [0.2, 0.25) is 5.91 Å². The smallest absolute Gasteiger partial charge is 0.396 e. The Hall–Kier alpha value is -0.820. The van der Waals surface area contributed by atoms with E-state index < -0.39 is 25.3 Å². The molecule has 0 aromatic rings. The lowest BCUT2D eigenvalue weighted by Crippen LogP contribution is -2.45. The summed E-state index contributed by atoms with van der Waals surface area (Å²) in [6, 6.07) is -0.315. The van der Waals surface area contributed by atoms with Crippen molar-refractivity contribution >= 4 is 5.91 Å². The van der Waals surface area contributed by atoms with Crippen molar-refractivity contribution in [1.82, 2.24) is 5.32 Å². The quantitative estimate of drug-likeness (QED) is 0.769. The molecule has 0 aliphatic carbocycles. The van der Waals surface area contributed by atoms with Crippen LogP contribution >= 0.6 is 0 Å². The second kappa shape index (κ2) is 6.94. The largest absolute Gasteiger partial charge is 0.411 e. The van der Waals surface area contributed by atoms with Crippen LogP contribution in [0.4, 0.5) is 13.2 Å². The number of aliphatic hydroxyl groups is 1. The second-order valence-corrected chi connectivity index (χ2v) is 5.11. The topological polar surface area (TPSA) is 58.6 Å². The molecule has 0 fully saturated rings. The molecule has 0 bridgehead atoms. The van der Waals surface area contributed by atoms with Gasteiger partial charge in [-0.2, -0.15) is 13.2 Å². The van der Waals surface area contributed by atoms with Crippen LogP contribution < -0.4 is 5.32 Å². The van der Waals surface area contributed by atoms with Gasteiger partial charge in [0, 0.05) is 12.6 Å². The molecule has 18 heavy (non-hydrogen) atoms. The molecule has 0 aromatic heterocycles. The Labute approximate surface area is 105 Å². The van der Waals surface area contributed by atoms with Crippen molar-refractivity contribution in [3.05, 3.63) is 0 Å². The summed E-state index contributed by atoms with van der Waals surface area (Å²) in [7, 11) is 0. The lowest BCUT2D eigenvalue weighted by Gasteiger charge is -2.31. The third-order valence-electron chi connectivity index (χ3n) is 2.30. The minimum Gasteiger partial charge on any atom is -0.396 e. The van der Waals surface area contributed by atoms with Gasteiger partial charge in [-0.15, -0.1) is 0 Å². The molecule has 7 heteroatoms. The highest BCUT2D eigenvalue weighted by Crippen LogP contribution is 2.21. The van der Waals surface area contributed by atoms with E-state index in [1.165, 1.54) is 0 Å². The highest BCUT2D eigenvalue weighted by atomic mass is 19.4. The predicted octanol–water partition coefficient (Wildman–Crippen LogP) is 1.48. The van der Waals surface area contributed by atoms with E-state index in [2.05, 4.69) is 10.1 Å². The summed E-state index contributed by atoms with van der Waals surface area (Å²) >= 11 is 0. The summed E-state index contributed by atoms with van der Waals surface area (Å²) < 4.78 is 39.6. The molecule has 0 spiro atoms. The molecule has 4 nitrogen and oxygen atoms in total. The molecule has 2 N–H and O–H groups in total. The number of halogens is 3. The minimum absolute atomic E-state index is 0.106. The average molecular weight is 271 g/mol. The molecule has 0 aromatic carbocycles. The third-order valence-corrected chi connectivity index (χ3v) is 2.30. The van der Waals surface area contributed by atoms with Crippen molar-refractivity contribution < 1.29 is 27.8 Å². The Morgan fingerprint density at radius 3 is 2.28 bits per heavy atom. The normalized spacial score (nSPS) is 14.4. The van der Waals surface area contributed by atoms with Crippen LogP contribution in [-0.2, 0) is 9.53 Å². The summed E-state index contributed by atoms with van der Waals surface area (Å²) in [5, 5.41) is 11.4. The predicted molar refractivity (Wildman–Crippen MR) is 60.0 cm³/mol. The first-order valence-corrected chi connectivity index (χ1v) is 5.61. The Morgan fingerprint density at radius 1 is 1.33 bits per heavy atom. The van der Waals surface area contributed by atoms with Crippen LogP contribution in [0, 0.1) is 5.41 Å². The Bertz CT molecular complexity index is 261.